The first-order chi connectivity index (χ1) is 29.1. The molecule has 0 aliphatic carbocycles. The third kappa shape index (κ3) is 8.28. The van der Waals surface area contributed by atoms with Crippen molar-refractivity contribution < 1.29 is 0 Å². The predicted octanol–water partition coefficient (Wildman–Crippen LogP) is 17.0. The van der Waals surface area contributed by atoms with E-state index in [0.29, 0.717) is 0 Å². The normalized spacial score (nSPS) is 12.2. The summed E-state index contributed by atoms with van der Waals surface area (Å²) in [7, 11) is 0. The van der Waals surface area contributed by atoms with Gasteiger partial charge < -0.3 is 4.90 Å². The minimum Gasteiger partial charge on any atom is -0.311 e. The number of hydrogen-bond donors (Lipinski definition) is 0. The summed E-state index contributed by atoms with van der Waals surface area (Å²) in [6.07, 6.45) is 15.6. The maximum Gasteiger partial charge on any atom is 0.0462 e. The SMILES string of the molecule is C=C/C=C(\C=C/C)c1ccc(N(c2ccc(C(/C=C\C)=C/CC)cc2)c2ccc(-c3ccc(-c4ccc5c(-c6ccccc6)cc6ccccc6c5c4)cc3)cc2)cc1. The van der Waals surface area contributed by atoms with Crippen LogP contribution in [0.3, 0.4) is 0 Å². The molecule has 0 aliphatic heterocycles. The Hall–Kier alpha value is -7.22. The molecule has 286 valence electrons. The summed E-state index contributed by atoms with van der Waals surface area (Å²) in [5.41, 5.74) is 15.3. The first-order valence-electron chi connectivity index (χ1n) is 20.6. The zero-order valence-electron chi connectivity index (χ0n) is 34.1. The van der Waals surface area contributed by atoms with Crippen LogP contribution in [-0.4, -0.2) is 0 Å². The topological polar surface area (TPSA) is 3.24 Å². The number of benzene rings is 8. The van der Waals surface area contributed by atoms with Crippen LogP contribution in [0.2, 0.25) is 0 Å². The van der Waals surface area contributed by atoms with Crippen LogP contribution < -0.4 is 4.90 Å². The Labute approximate surface area is 350 Å². The molecule has 0 aromatic heterocycles. The Bertz CT molecular complexity index is 2830. The summed E-state index contributed by atoms with van der Waals surface area (Å²) < 4.78 is 0. The van der Waals surface area contributed by atoms with E-state index in [2.05, 4.69) is 232 Å². The fourth-order valence-electron chi connectivity index (χ4n) is 8.09. The fourth-order valence-corrected chi connectivity index (χ4v) is 8.09. The molecule has 8 aromatic carbocycles. The lowest BCUT2D eigenvalue weighted by Crippen LogP contribution is -2.10. The van der Waals surface area contributed by atoms with E-state index in [1.54, 1.807) is 0 Å². The van der Waals surface area contributed by atoms with Gasteiger partial charge in [-0.25, -0.2) is 0 Å². The lowest BCUT2D eigenvalue weighted by Gasteiger charge is -2.26. The molecule has 8 rings (SSSR count). The molecule has 0 radical (unpaired) electrons. The van der Waals surface area contributed by atoms with Crippen LogP contribution in [0.1, 0.15) is 38.3 Å². The monoisotopic (exact) mass is 759 g/mol. The second kappa shape index (κ2) is 17.9. The summed E-state index contributed by atoms with van der Waals surface area (Å²) in [4.78, 5) is 2.33. The zero-order chi connectivity index (χ0) is 40.6. The Morgan fingerprint density at radius 3 is 1.58 bits per heavy atom. The van der Waals surface area contributed by atoms with Gasteiger partial charge in [0.15, 0.2) is 0 Å². The highest BCUT2D eigenvalue weighted by Gasteiger charge is 2.15. The quantitative estimate of drug-likeness (QED) is 0.0886. The van der Waals surface area contributed by atoms with Crippen LogP contribution in [0, 0.1) is 0 Å². The molecule has 0 bridgehead atoms. The molecule has 1 nitrogen and oxygen atoms in total. The van der Waals surface area contributed by atoms with Gasteiger partial charge in [0.05, 0.1) is 0 Å². The summed E-state index contributed by atoms with van der Waals surface area (Å²) in [6.45, 7) is 10.2. The Morgan fingerprint density at radius 2 is 0.983 bits per heavy atom. The fraction of sp³-hybridized carbons (Fsp3) is 0.0690. The molecule has 8 aromatic rings. The van der Waals surface area contributed by atoms with E-state index in [1.165, 1.54) is 66.1 Å². The molecule has 0 amide bonds. The van der Waals surface area contributed by atoms with Crippen molar-refractivity contribution in [2.45, 2.75) is 27.2 Å². The Kier molecular flexibility index (Phi) is 11.7. The number of anilines is 3. The first-order valence-corrected chi connectivity index (χ1v) is 20.6. The number of fused-ring (bicyclic) bond motifs is 3. The van der Waals surface area contributed by atoms with Gasteiger partial charge in [-0.05, 0) is 146 Å². The third-order valence-electron chi connectivity index (χ3n) is 11.0. The number of allylic oxidation sites excluding steroid dienone is 9. The smallest absolute Gasteiger partial charge is 0.0462 e. The van der Waals surface area contributed by atoms with Crippen molar-refractivity contribution in [2.24, 2.45) is 0 Å². The minimum absolute atomic E-state index is 0.987. The van der Waals surface area contributed by atoms with Gasteiger partial charge in [-0.2, -0.15) is 0 Å². The van der Waals surface area contributed by atoms with E-state index < -0.39 is 0 Å². The standard InChI is InChI=1S/C58H49N/c1-5-14-42(15-6-2)45-26-33-52(34-27-45)59(53-35-28-46(29-36-53)43(16-7-3)17-8-4)54-37-30-47(31-38-54)44-22-24-48(25-23-44)50-32-39-56-57(49-18-10-9-11-19-49)41-51-20-12-13-21-55(51)58(56)40-50/h5-7,9-41H,1,8H2,2-4H3/b15-6-,16-7-,42-14+,43-17+. The van der Waals surface area contributed by atoms with Crippen LogP contribution in [0.25, 0.3) is 66.1 Å². The van der Waals surface area contributed by atoms with Crippen LogP contribution >= 0.6 is 0 Å². The average Bonchev–Trinajstić information content (AvgIpc) is 3.29. The summed E-state index contributed by atoms with van der Waals surface area (Å²) in [5.74, 6) is 0. The van der Waals surface area contributed by atoms with Crippen molar-refractivity contribution >= 4 is 49.8 Å². The maximum absolute atomic E-state index is 3.93. The van der Waals surface area contributed by atoms with E-state index in [1.807, 2.05) is 19.1 Å². The van der Waals surface area contributed by atoms with Crippen molar-refractivity contribution in [1.82, 2.24) is 0 Å². The van der Waals surface area contributed by atoms with Crippen LogP contribution in [-0.2, 0) is 0 Å². The minimum atomic E-state index is 0.987. The molecule has 0 saturated heterocycles. The van der Waals surface area contributed by atoms with Crippen LogP contribution in [0.15, 0.2) is 225 Å². The van der Waals surface area contributed by atoms with E-state index in [0.717, 1.165) is 34.6 Å². The lowest BCUT2D eigenvalue weighted by atomic mass is 9.91. The van der Waals surface area contributed by atoms with Crippen molar-refractivity contribution in [3.63, 3.8) is 0 Å². The lowest BCUT2D eigenvalue weighted by molar-refractivity contribution is 1.23. The highest BCUT2D eigenvalue weighted by molar-refractivity contribution is 6.14. The van der Waals surface area contributed by atoms with E-state index >= 15 is 0 Å². The van der Waals surface area contributed by atoms with E-state index in [9.17, 15) is 0 Å². The van der Waals surface area contributed by atoms with Gasteiger partial charge in [0.1, 0.15) is 0 Å². The molecular weight excluding hydrogens is 711 g/mol. The Morgan fingerprint density at radius 1 is 0.475 bits per heavy atom. The first kappa shape index (κ1) is 38.6. The molecule has 0 aliphatic rings. The Balaban J connectivity index is 1.11. The van der Waals surface area contributed by atoms with Crippen molar-refractivity contribution in [3.05, 3.63) is 236 Å². The largest absolute Gasteiger partial charge is 0.311 e. The van der Waals surface area contributed by atoms with Gasteiger partial charge in [-0.15, -0.1) is 0 Å². The third-order valence-corrected chi connectivity index (χ3v) is 11.0. The van der Waals surface area contributed by atoms with Crippen molar-refractivity contribution in [2.75, 3.05) is 4.90 Å². The number of rotatable bonds is 12. The van der Waals surface area contributed by atoms with Gasteiger partial charge in [0.25, 0.3) is 0 Å². The highest BCUT2D eigenvalue weighted by atomic mass is 15.1. The molecule has 0 heterocycles. The molecule has 0 fully saturated rings. The van der Waals surface area contributed by atoms with Crippen molar-refractivity contribution in [3.8, 4) is 33.4 Å². The summed E-state index contributed by atoms with van der Waals surface area (Å²) in [6, 6.07) is 64.3. The molecule has 0 unspecified atom stereocenters. The number of nitrogens with zero attached hydrogens (tertiary/aromatic N) is 1. The molecular formula is C58H49N. The van der Waals surface area contributed by atoms with Crippen molar-refractivity contribution in [1.29, 1.82) is 0 Å². The second-order valence-electron chi connectivity index (χ2n) is 14.8. The zero-order valence-corrected chi connectivity index (χ0v) is 34.1. The van der Waals surface area contributed by atoms with E-state index in [4.69, 9.17) is 0 Å². The maximum atomic E-state index is 3.93. The molecule has 0 N–H and O–H groups in total. The number of hydrogen-bond acceptors (Lipinski definition) is 1. The summed E-state index contributed by atoms with van der Waals surface area (Å²) in [5, 5.41) is 5.07. The van der Waals surface area contributed by atoms with Gasteiger partial charge >= 0.3 is 0 Å². The van der Waals surface area contributed by atoms with Gasteiger partial charge in [-0.3, -0.25) is 0 Å². The molecule has 0 saturated carbocycles. The molecule has 0 atom stereocenters. The van der Waals surface area contributed by atoms with Gasteiger partial charge in [0, 0.05) is 17.1 Å². The highest BCUT2D eigenvalue weighted by Crippen LogP contribution is 2.39. The molecule has 1 heteroatoms. The van der Waals surface area contributed by atoms with Gasteiger partial charge in [0.2, 0.25) is 0 Å². The predicted molar refractivity (Wildman–Crippen MR) is 259 cm³/mol. The molecule has 0 spiro atoms. The van der Waals surface area contributed by atoms with Gasteiger partial charge in [-0.1, -0.05) is 183 Å². The second-order valence-corrected chi connectivity index (χ2v) is 14.8. The average molecular weight is 760 g/mol. The summed E-state index contributed by atoms with van der Waals surface area (Å²) >= 11 is 0. The van der Waals surface area contributed by atoms with Crippen LogP contribution in [0.5, 0.6) is 0 Å². The van der Waals surface area contributed by atoms with Crippen LogP contribution in [0.4, 0.5) is 17.1 Å². The van der Waals surface area contributed by atoms with E-state index in [-0.39, 0.29) is 0 Å². The molecule has 59 heavy (non-hydrogen) atoms.